The molecule has 1 amide bonds. The molecular weight excluding hydrogens is 254 g/mol. The van der Waals surface area contributed by atoms with Crippen LogP contribution in [0.5, 0.6) is 0 Å². The third-order valence-electron chi connectivity index (χ3n) is 2.46. The molecule has 18 heavy (non-hydrogen) atoms. The highest BCUT2D eigenvalue weighted by Gasteiger charge is 2.15. The summed E-state index contributed by atoms with van der Waals surface area (Å²) in [5.41, 5.74) is 6.64. The van der Waals surface area contributed by atoms with E-state index >= 15 is 0 Å². The van der Waals surface area contributed by atoms with E-state index in [4.69, 9.17) is 5.73 Å². The standard InChI is InChI=1S/C11H17N3O3S/c1-7-4-5-9(18(16,17)13-3)6-10(7)14-11(15)8(2)12/h4-6,8,13H,12H2,1-3H3,(H,14,15). The molecule has 1 aromatic carbocycles. The molecule has 0 radical (unpaired) electrons. The van der Waals surface area contributed by atoms with Crippen LogP contribution in [0.2, 0.25) is 0 Å². The topological polar surface area (TPSA) is 101 Å². The summed E-state index contributed by atoms with van der Waals surface area (Å²) in [7, 11) is -2.20. The second-order valence-corrected chi connectivity index (χ2v) is 5.85. The maximum Gasteiger partial charge on any atom is 0.241 e. The number of aryl methyl sites for hydroxylation is 1. The summed E-state index contributed by atoms with van der Waals surface area (Å²) in [5.74, 6) is -0.364. The third-order valence-corrected chi connectivity index (χ3v) is 3.87. The van der Waals surface area contributed by atoms with Crippen molar-refractivity contribution in [2.45, 2.75) is 24.8 Å². The lowest BCUT2D eigenvalue weighted by atomic mass is 10.2. The van der Waals surface area contributed by atoms with Crippen molar-refractivity contribution in [1.29, 1.82) is 0 Å². The van der Waals surface area contributed by atoms with E-state index in [9.17, 15) is 13.2 Å². The van der Waals surface area contributed by atoms with Crippen molar-refractivity contribution in [3.8, 4) is 0 Å². The first-order valence-electron chi connectivity index (χ1n) is 5.38. The van der Waals surface area contributed by atoms with Crippen molar-refractivity contribution in [3.05, 3.63) is 23.8 Å². The zero-order chi connectivity index (χ0) is 13.9. The number of hydrogen-bond donors (Lipinski definition) is 3. The van der Waals surface area contributed by atoms with Crippen molar-refractivity contribution in [2.75, 3.05) is 12.4 Å². The van der Waals surface area contributed by atoms with Crippen molar-refractivity contribution < 1.29 is 13.2 Å². The van der Waals surface area contributed by atoms with E-state index in [0.717, 1.165) is 5.56 Å². The highest BCUT2D eigenvalue weighted by Crippen LogP contribution is 2.20. The van der Waals surface area contributed by atoms with Crippen molar-refractivity contribution in [1.82, 2.24) is 4.72 Å². The molecule has 100 valence electrons. The molecule has 0 saturated carbocycles. The summed E-state index contributed by atoms with van der Waals surface area (Å²) in [4.78, 5) is 11.6. The molecule has 0 bridgehead atoms. The maximum absolute atomic E-state index is 11.6. The van der Waals surface area contributed by atoms with Gasteiger partial charge in [-0.15, -0.1) is 0 Å². The molecule has 0 heterocycles. The average molecular weight is 271 g/mol. The first kappa shape index (κ1) is 14.6. The monoisotopic (exact) mass is 271 g/mol. The summed E-state index contributed by atoms with van der Waals surface area (Å²) in [5, 5.41) is 2.59. The Hall–Kier alpha value is -1.44. The van der Waals surface area contributed by atoms with Crippen LogP contribution >= 0.6 is 0 Å². The quantitative estimate of drug-likeness (QED) is 0.727. The van der Waals surface area contributed by atoms with Crippen molar-refractivity contribution >= 4 is 21.6 Å². The van der Waals surface area contributed by atoms with Gasteiger partial charge in [0.1, 0.15) is 0 Å². The van der Waals surface area contributed by atoms with Crippen LogP contribution in [0, 0.1) is 6.92 Å². The van der Waals surface area contributed by atoms with Gasteiger partial charge in [0.2, 0.25) is 15.9 Å². The van der Waals surface area contributed by atoms with Crippen LogP contribution in [0.15, 0.2) is 23.1 Å². The molecule has 4 N–H and O–H groups in total. The minimum Gasteiger partial charge on any atom is -0.324 e. The highest BCUT2D eigenvalue weighted by atomic mass is 32.2. The van der Waals surface area contributed by atoms with Gasteiger partial charge in [-0.05, 0) is 38.6 Å². The number of nitrogens with two attached hydrogens (primary N) is 1. The number of sulfonamides is 1. The number of carbonyl (C=O) groups excluding carboxylic acids is 1. The van der Waals surface area contributed by atoms with Crippen LogP contribution in [-0.2, 0) is 14.8 Å². The zero-order valence-electron chi connectivity index (χ0n) is 10.5. The molecule has 0 spiro atoms. The summed E-state index contributed by atoms with van der Waals surface area (Å²) in [6.07, 6.45) is 0. The Labute approximate surface area is 107 Å². The van der Waals surface area contributed by atoms with Crippen molar-refractivity contribution in [3.63, 3.8) is 0 Å². The predicted octanol–water partition coefficient (Wildman–Crippen LogP) is 0.189. The lowest BCUT2D eigenvalue weighted by molar-refractivity contribution is -0.117. The molecule has 0 aromatic heterocycles. The molecule has 0 aliphatic carbocycles. The largest absolute Gasteiger partial charge is 0.324 e. The SMILES string of the molecule is CNS(=O)(=O)c1ccc(C)c(NC(=O)C(C)N)c1. The average Bonchev–Trinajstić information content (AvgIpc) is 2.31. The molecule has 6 nitrogen and oxygen atoms in total. The fourth-order valence-corrected chi connectivity index (χ4v) is 2.02. The Morgan fingerprint density at radius 3 is 2.50 bits per heavy atom. The molecule has 0 aliphatic rings. The molecule has 0 aliphatic heterocycles. The molecule has 1 rings (SSSR count). The number of hydrogen-bond acceptors (Lipinski definition) is 4. The lowest BCUT2D eigenvalue weighted by Gasteiger charge is -2.12. The van der Waals surface area contributed by atoms with E-state index in [0.29, 0.717) is 5.69 Å². The number of benzene rings is 1. The van der Waals surface area contributed by atoms with Gasteiger partial charge in [-0.3, -0.25) is 4.79 Å². The van der Waals surface area contributed by atoms with Gasteiger partial charge >= 0.3 is 0 Å². The molecule has 0 fully saturated rings. The predicted molar refractivity (Wildman–Crippen MR) is 69.7 cm³/mol. The Balaban J connectivity index is 3.14. The second-order valence-electron chi connectivity index (χ2n) is 3.96. The van der Waals surface area contributed by atoms with Gasteiger partial charge in [0.15, 0.2) is 0 Å². The fraction of sp³-hybridized carbons (Fsp3) is 0.364. The van der Waals surface area contributed by atoms with Gasteiger partial charge < -0.3 is 11.1 Å². The number of nitrogens with one attached hydrogen (secondary N) is 2. The van der Waals surface area contributed by atoms with Gasteiger partial charge in [0.25, 0.3) is 0 Å². The molecule has 7 heteroatoms. The minimum atomic E-state index is -3.53. The van der Waals surface area contributed by atoms with Crippen LogP contribution in [0.1, 0.15) is 12.5 Å². The lowest BCUT2D eigenvalue weighted by Crippen LogP contribution is -2.32. The first-order chi connectivity index (χ1) is 8.27. The molecule has 1 atom stereocenters. The van der Waals surface area contributed by atoms with Crippen LogP contribution in [-0.4, -0.2) is 27.4 Å². The van der Waals surface area contributed by atoms with Gasteiger partial charge in [-0.25, -0.2) is 13.1 Å². The van der Waals surface area contributed by atoms with E-state index in [1.165, 1.54) is 19.2 Å². The van der Waals surface area contributed by atoms with E-state index in [1.807, 2.05) is 0 Å². The van der Waals surface area contributed by atoms with E-state index in [1.54, 1.807) is 19.9 Å². The van der Waals surface area contributed by atoms with E-state index < -0.39 is 16.1 Å². The maximum atomic E-state index is 11.6. The number of carbonyl (C=O) groups is 1. The Kier molecular flexibility index (Phi) is 4.44. The molecule has 1 unspecified atom stereocenters. The van der Waals surface area contributed by atoms with Crippen molar-refractivity contribution in [2.24, 2.45) is 5.73 Å². The Morgan fingerprint density at radius 1 is 1.39 bits per heavy atom. The molecular formula is C11H17N3O3S. The van der Waals surface area contributed by atoms with Crippen LogP contribution in [0.4, 0.5) is 5.69 Å². The summed E-state index contributed by atoms with van der Waals surface area (Å²) >= 11 is 0. The van der Waals surface area contributed by atoms with E-state index in [-0.39, 0.29) is 10.8 Å². The van der Waals surface area contributed by atoms with Gasteiger partial charge in [0.05, 0.1) is 10.9 Å². The number of rotatable bonds is 4. The molecule has 0 saturated heterocycles. The second kappa shape index (κ2) is 5.47. The van der Waals surface area contributed by atoms with Gasteiger partial charge in [-0.2, -0.15) is 0 Å². The van der Waals surface area contributed by atoms with Gasteiger partial charge in [0, 0.05) is 5.69 Å². The van der Waals surface area contributed by atoms with Crippen LogP contribution in [0.25, 0.3) is 0 Å². The van der Waals surface area contributed by atoms with Crippen LogP contribution < -0.4 is 15.8 Å². The Bertz CT molecular complexity index is 553. The van der Waals surface area contributed by atoms with E-state index in [2.05, 4.69) is 10.0 Å². The molecule has 1 aromatic rings. The summed E-state index contributed by atoms with van der Waals surface area (Å²) in [6.45, 7) is 3.32. The summed E-state index contributed by atoms with van der Waals surface area (Å²) < 4.78 is 25.5. The minimum absolute atomic E-state index is 0.0931. The van der Waals surface area contributed by atoms with Crippen LogP contribution in [0.3, 0.4) is 0 Å². The highest BCUT2D eigenvalue weighted by molar-refractivity contribution is 7.89. The normalized spacial score (nSPS) is 13.1. The zero-order valence-corrected chi connectivity index (χ0v) is 11.3. The smallest absolute Gasteiger partial charge is 0.241 e. The van der Waals surface area contributed by atoms with Gasteiger partial charge in [-0.1, -0.05) is 6.07 Å². The third kappa shape index (κ3) is 3.28. The number of amides is 1. The Morgan fingerprint density at radius 2 is 2.00 bits per heavy atom. The fourth-order valence-electron chi connectivity index (χ4n) is 1.27. The number of anilines is 1. The first-order valence-corrected chi connectivity index (χ1v) is 6.87. The summed E-state index contributed by atoms with van der Waals surface area (Å²) in [6, 6.07) is 3.85.